The third-order valence-electron chi connectivity index (χ3n) is 3.48. The first kappa shape index (κ1) is 14.5. The number of rotatable bonds is 4. The summed E-state index contributed by atoms with van der Waals surface area (Å²) in [6.45, 7) is 0. The van der Waals surface area contributed by atoms with Gasteiger partial charge in [0.1, 0.15) is 11.4 Å². The number of methoxy groups -OCH3 is 1. The second kappa shape index (κ2) is 6.16. The summed E-state index contributed by atoms with van der Waals surface area (Å²) in [5, 5.41) is 13.2. The number of nitrogens with zero attached hydrogens (tertiary/aromatic N) is 3. The van der Waals surface area contributed by atoms with Crippen LogP contribution >= 0.6 is 0 Å². The van der Waals surface area contributed by atoms with Crippen molar-refractivity contribution in [2.75, 3.05) is 7.11 Å². The third kappa shape index (κ3) is 2.83. The molecule has 112 valence electrons. The van der Waals surface area contributed by atoms with Gasteiger partial charge in [0.2, 0.25) is 0 Å². The van der Waals surface area contributed by atoms with Crippen molar-refractivity contribution in [1.82, 2.24) is 9.78 Å². The highest BCUT2D eigenvalue weighted by atomic mass is 16.5. The van der Waals surface area contributed by atoms with Crippen LogP contribution in [-0.4, -0.2) is 23.2 Å². The molecule has 1 heterocycles. The predicted molar refractivity (Wildman–Crippen MR) is 85.7 cm³/mol. The number of aromatic nitrogens is 2. The number of hydrogen-bond acceptors (Lipinski definition) is 4. The van der Waals surface area contributed by atoms with Gasteiger partial charge in [-0.2, -0.15) is 10.4 Å². The molecular weight excluding hydrogens is 290 g/mol. The summed E-state index contributed by atoms with van der Waals surface area (Å²) in [5.41, 5.74) is 3.40. The van der Waals surface area contributed by atoms with Gasteiger partial charge in [0.05, 0.1) is 30.1 Å². The van der Waals surface area contributed by atoms with E-state index in [0.717, 1.165) is 22.7 Å². The molecule has 0 aliphatic carbocycles. The number of ether oxygens (including phenoxy) is 1. The minimum atomic E-state index is 0.347. The molecule has 0 aliphatic rings. The average molecular weight is 303 g/mol. The number of benzene rings is 2. The Balaban J connectivity index is 2.10. The monoisotopic (exact) mass is 303 g/mol. The van der Waals surface area contributed by atoms with Crippen molar-refractivity contribution < 1.29 is 9.53 Å². The lowest BCUT2D eigenvalue weighted by molar-refractivity contribution is 0.111. The lowest BCUT2D eigenvalue weighted by Gasteiger charge is -2.08. The molecule has 0 fully saturated rings. The lowest BCUT2D eigenvalue weighted by Crippen LogP contribution is -1.99. The van der Waals surface area contributed by atoms with Gasteiger partial charge in [0.25, 0.3) is 0 Å². The fraction of sp³-hybridized carbons (Fsp3) is 0.0556. The van der Waals surface area contributed by atoms with Crippen LogP contribution in [-0.2, 0) is 0 Å². The molecule has 0 aliphatic heterocycles. The highest BCUT2D eigenvalue weighted by molar-refractivity contribution is 5.76. The summed E-state index contributed by atoms with van der Waals surface area (Å²) in [7, 11) is 1.61. The van der Waals surface area contributed by atoms with Gasteiger partial charge in [-0.1, -0.05) is 12.1 Å². The van der Waals surface area contributed by atoms with Crippen molar-refractivity contribution in [1.29, 1.82) is 5.26 Å². The fourth-order valence-electron chi connectivity index (χ4n) is 2.30. The topological polar surface area (TPSA) is 67.9 Å². The summed E-state index contributed by atoms with van der Waals surface area (Å²) in [4.78, 5) is 11.1. The van der Waals surface area contributed by atoms with E-state index >= 15 is 0 Å². The molecule has 2 aromatic carbocycles. The normalized spacial score (nSPS) is 10.1. The third-order valence-corrected chi connectivity index (χ3v) is 3.48. The van der Waals surface area contributed by atoms with E-state index in [0.29, 0.717) is 17.5 Å². The average Bonchev–Trinajstić information content (AvgIpc) is 3.06. The molecule has 0 unspecified atom stereocenters. The van der Waals surface area contributed by atoms with Crippen molar-refractivity contribution in [2.45, 2.75) is 0 Å². The number of aldehydes is 1. The van der Waals surface area contributed by atoms with E-state index in [-0.39, 0.29) is 0 Å². The minimum absolute atomic E-state index is 0.347. The van der Waals surface area contributed by atoms with E-state index < -0.39 is 0 Å². The molecule has 0 amide bonds. The second-order valence-electron chi connectivity index (χ2n) is 4.87. The van der Waals surface area contributed by atoms with Crippen LogP contribution in [0.3, 0.4) is 0 Å². The van der Waals surface area contributed by atoms with Crippen LogP contribution in [0, 0.1) is 11.3 Å². The molecule has 3 rings (SSSR count). The van der Waals surface area contributed by atoms with Crippen LogP contribution in [0.25, 0.3) is 16.9 Å². The van der Waals surface area contributed by atoms with E-state index in [1.165, 1.54) is 0 Å². The Kier molecular flexibility index (Phi) is 3.89. The van der Waals surface area contributed by atoms with Crippen LogP contribution < -0.4 is 4.74 Å². The molecule has 0 saturated carbocycles. The number of nitriles is 1. The maximum absolute atomic E-state index is 11.1. The van der Waals surface area contributed by atoms with Crippen molar-refractivity contribution in [3.63, 3.8) is 0 Å². The second-order valence-corrected chi connectivity index (χ2v) is 4.87. The Bertz CT molecular complexity index is 872. The zero-order valence-corrected chi connectivity index (χ0v) is 12.4. The van der Waals surface area contributed by atoms with E-state index in [4.69, 9.17) is 10.00 Å². The van der Waals surface area contributed by atoms with Crippen molar-refractivity contribution >= 4 is 6.29 Å². The first-order valence-corrected chi connectivity index (χ1v) is 6.95. The van der Waals surface area contributed by atoms with Crippen molar-refractivity contribution in [2.24, 2.45) is 0 Å². The van der Waals surface area contributed by atoms with E-state index in [2.05, 4.69) is 11.2 Å². The van der Waals surface area contributed by atoms with E-state index in [1.807, 2.05) is 36.4 Å². The molecule has 0 bridgehead atoms. The van der Waals surface area contributed by atoms with Crippen molar-refractivity contribution in [3.8, 4) is 28.8 Å². The Hall–Kier alpha value is -3.39. The maximum atomic E-state index is 11.1. The molecule has 0 N–H and O–H groups in total. The molecule has 5 nitrogen and oxygen atoms in total. The number of carbonyl (C=O) groups is 1. The zero-order valence-electron chi connectivity index (χ0n) is 12.4. The van der Waals surface area contributed by atoms with Crippen molar-refractivity contribution in [3.05, 3.63) is 65.9 Å². The van der Waals surface area contributed by atoms with Crippen LogP contribution in [0.5, 0.6) is 5.75 Å². The molecular formula is C18H13N3O2. The summed E-state index contributed by atoms with van der Waals surface area (Å²) >= 11 is 0. The standard InChI is InChI=1S/C18H13N3O2/c1-23-17-8-6-16(7-9-17)21-18(10-15(12-22)20-21)14-4-2-13(11-19)3-5-14/h2-10,12H,1H3. The van der Waals surface area contributed by atoms with Crippen LogP contribution in [0.1, 0.15) is 16.1 Å². The molecule has 1 aromatic heterocycles. The van der Waals surface area contributed by atoms with Gasteiger partial charge in [-0.15, -0.1) is 0 Å². The largest absolute Gasteiger partial charge is 0.497 e. The van der Waals surface area contributed by atoms with Gasteiger partial charge in [-0.25, -0.2) is 4.68 Å². The fourth-order valence-corrected chi connectivity index (χ4v) is 2.30. The summed E-state index contributed by atoms with van der Waals surface area (Å²) in [6.07, 6.45) is 0.715. The lowest BCUT2D eigenvalue weighted by atomic mass is 10.1. The van der Waals surface area contributed by atoms with E-state index in [1.54, 1.807) is 30.0 Å². The quantitative estimate of drug-likeness (QED) is 0.694. The first-order chi connectivity index (χ1) is 11.2. The predicted octanol–water partition coefficient (Wildman–Crippen LogP) is 3.23. The molecule has 0 saturated heterocycles. The molecule has 23 heavy (non-hydrogen) atoms. The van der Waals surface area contributed by atoms with Gasteiger partial charge < -0.3 is 4.74 Å². The Morgan fingerprint density at radius 3 is 2.39 bits per heavy atom. The molecule has 5 heteroatoms. The smallest absolute Gasteiger partial charge is 0.170 e. The van der Waals surface area contributed by atoms with Gasteiger partial charge >= 0.3 is 0 Å². The summed E-state index contributed by atoms with van der Waals surface area (Å²) < 4.78 is 6.85. The molecule has 0 spiro atoms. The zero-order chi connectivity index (χ0) is 16.2. The van der Waals surface area contributed by atoms with E-state index in [9.17, 15) is 4.79 Å². The Labute approximate surface area is 133 Å². The highest BCUT2D eigenvalue weighted by Crippen LogP contribution is 2.25. The molecule has 0 radical (unpaired) electrons. The van der Waals surface area contributed by atoms with Gasteiger partial charge in [-0.05, 0) is 42.5 Å². The van der Waals surface area contributed by atoms with Crippen LogP contribution in [0.2, 0.25) is 0 Å². The van der Waals surface area contributed by atoms with Gasteiger partial charge in [0, 0.05) is 5.56 Å². The molecule has 3 aromatic rings. The van der Waals surface area contributed by atoms with Crippen LogP contribution in [0.4, 0.5) is 0 Å². The number of hydrogen-bond donors (Lipinski definition) is 0. The summed E-state index contributed by atoms with van der Waals surface area (Å²) in [5.74, 6) is 0.747. The highest BCUT2D eigenvalue weighted by Gasteiger charge is 2.11. The maximum Gasteiger partial charge on any atom is 0.170 e. The minimum Gasteiger partial charge on any atom is -0.497 e. The van der Waals surface area contributed by atoms with Crippen LogP contribution in [0.15, 0.2) is 54.6 Å². The Morgan fingerprint density at radius 1 is 1.13 bits per heavy atom. The van der Waals surface area contributed by atoms with Gasteiger partial charge in [-0.3, -0.25) is 4.79 Å². The first-order valence-electron chi connectivity index (χ1n) is 6.95. The van der Waals surface area contributed by atoms with Gasteiger partial charge in [0.15, 0.2) is 6.29 Å². The summed E-state index contributed by atoms with van der Waals surface area (Å²) in [6, 6.07) is 18.4. The molecule has 0 atom stereocenters. The Morgan fingerprint density at radius 2 is 1.83 bits per heavy atom. The SMILES string of the molecule is COc1ccc(-n2nc(C=O)cc2-c2ccc(C#N)cc2)cc1. The number of carbonyl (C=O) groups excluding carboxylic acids is 1.